The van der Waals surface area contributed by atoms with Gasteiger partial charge in [0.2, 0.25) is 5.91 Å². The van der Waals surface area contributed by atoms with Crippen LogP contribution in [-0.2, 0) is 10.2 Å². The molecule has 2 aromatic rings. The molecule has 6 nitrogen and oxygen atoms in total. The third kappa shape index (κ3) is 4.68. The van der Waals surface area contributed by atoms with Crippen molar-refractivity contribution in [2.75, 3.05) is 31.1 Å². The number of halogens is 4. The van der Waals surface area contributed by atoms with Crippen molar-refractivity contribution in [2.45, 2.75) is 56.4 Å². The Morgan fingerprint density at radius 3 is 2.45 bits per heavy atom. The van der Waals surface area contributed by atoms with E-state index in [1.165, 1.54) is 31.0 Å². The fourth-order valence-corrected chi connectivity index (χ4v) is 6.59. The Morgan fingerprint density at radius 2 is 1.76 bits per heavy atom. The standard InChI is InChI=1S/C28H30ClF3N4O2/c29-18-9-21(24(25(31)32)33-11-18)26(37)34-20-6-3-17(4-7-20)13-36-23-10-19(30)5-8-22(23)28(27(36)38)14-35(15-28)12-16-1-2-16/h5,8-11,16-17,20,25H,1-4,6-7,12-15H2,(H,34,37)/t17-,20-. The number of rotatable bonds is 7. The molecule has 1 aromatic heterocycles. The van der Waals surface area contributed by atoms with Crippen LogP contribution in [0.4, 0.5) is 18.9 Å². The zero-order valence-corrected chi connectivity index (χ0v) is 21.7. The zero-order chi connectivity index (χ0) is 26.6. The number of nitrogens with zero attached hydrogens (tertiary/aromatic N) is 3. The molecule has 3 heterocycles. The molecule has 4 aliphatic rings. The molecule has 1 spiro atoms. The third-order valence-electron chi connectivity index (χ3n) is 8.58. The van der Waals surface area contributed by atoms with Crippen molar-refractivity contribution in [1.82, 2.24) is 15.2 Å². The van der Waals surface area contributed by atoms with Crippen molar-refractivity contribution in [1.29, 1.82) is 0 Å². The molecule has 2 aliphatic heterocycles. The maximum Gasteiger partial charge on any atom is 0.281 e. The lowest BCUT2D eigenvalue weighted by Crippen LogP contribution is -2.64. The summed E-state index contributed by atoms with van der Waals surface area (Å²) in [7, 11) is 0. The van der Waals surface area contributed by atoms with Gasteiger partial charge in [-0.1, -0.05) is 17.7 Å². The molecule has 0 radical (unpaired) electrons. The topological polar surface area (TPSA) is 65.5 Å². The Morgan fingerprint density at radius 1 is 1.08 bits per heavy atom. The summed E-state index contributed by atoms with van der Waals surface area (Å²) < 4.78 is 40.9. The normalized spacial score (nSPS) is 24.6. The first-order valence-corrected chi connectivity index (χ1v) is 13.7. The SMILES string of the molecule is O=C(N[C@H]1CC[C@H](CN2C(=O)C3(CN(CC4CC4)C3)c3ccc(F)cc32)CC1)c1cc(Cl)cnc1C(F)F. The molecule has 0 bridgehead atoms. The second kappa shape index (κ2) is 9.83. The Kier molecular flexibility index (Phi) is 6.63. The van der Waals surface area contributed by atoms with Crippen molar-refractivity contribution in [3.05, 3.63) is 58.1 Å². The summed E-state index contributed by atoms with van der Waals surface area (Å²) in [5.74, 6) is 0.0536. The van der Waals surface area contributed by atoms with Crippen LogP contribution in [0.3, 0.4) is 0 Å². The van der Waals surface area contributed by atoms with E-state index in [-0.39, 0.29) is 34.3 Å². The van der Waals surface area contributed by atoms with Gasteiger partial charge in [0, 0.05) is 38.4 Å². The number of carbonyl (C=O) groups excluding carboxylic acids is 2. The second-order valence-corrected chi connectivity index (χ2v) is 11.8. The van der Waals surface area contributed by atoms with Crippen LogP contribution in [0.2, 0.25) is 5.02 Å². The van der Waals surface area contributed by atoms with Gasteiger partial charge in [-0.05, 0) is 74.1 Å². The molecule has 0 unspecified atom stereocenters. The average Bonchev–Trinajstić information content (AvgIpc) is 3.65. The van der Waals surface area contributed by atoms with E-state index in [2.05, 4.69) is 15.2 Å². The molecule has 2 amide bonds. The minimum atomic E-state index is -2.88. The van der Waals surface area contributed by atoms with E-state index in [1.54, 1.807) is 11.0 Å². The maximum absolute atomic E-state index is 14.2. The molecular weight excluding hydrogens is 517 g/mol. The molecule has 10 heteroatoms. The van der Waals surface area contributed by atoms with E-state index in [0.717, 1.165) is 37.1 Å². The lowest BCUT2D eigenvalue weighted by molar-refractivity contribution is -0.129. The van der Waals surface area contributed by atoms with Crippen LogP contribution in [0, 0.1) is 17.7 Å². The number of alkyl halides is 2. The minimum Gasteiger partial charge on any atom is -0.349 e. The summed E-state index contributed by atoms with van der Waals surface area (Å²) in [6.07, 6.45) is 3.59. The van der Waals surface area contributed by atoms with Crippen molar-refractivity contribution >= 4 is 29.1 Å². The van der Waals surface area contributed by atoms with Gasteiger partial charge in [0.25, 0.3) is 12.3 Å². The van der Waals surface area contributed by atoms with Gasteiger partial charge in [0.15, 0.2) is 0 Å². The van der Waals surface area contributed by atoms with Gasteiger partial charge < -0.3 is 15.1 Å². The van der Waals surface area contributed by atoms with Crippen LogP contribution in [0.5, 0.6) is 0 Å². The van der Waals surface area contributed by atoms with E-state index in [4.69, 9.17) is 11.6 Å². The minimum absolute atomic E-state index is 0.0635. The van der Waals surface area contributed by atoms with E-state index in [1.807, 2.05) is 0 Å². The van der Waals surface area contributed by atoms with Gasteiger partial charge in [-0.3, -0.25) is 14.6 Å². The van der Waals surface area contributed by atoms with Crippen molar-refractivity contribution < 1.29 is 22.8 Å². The summed E-state index contributed by atoms with van der Waals surface area (Å²) in [6.45, 7) is 2.92. The van der Waals surface area contributed by atoms with Gasteiger partial charge in [-0.15, -0.1) is 0 Å². The molecule has 2 saturated carbocycles. The number of fused-ring (bicyclic) bond motifs is 2. The summed E-state index contributed by atoms with van der Waals surface area (Å²) in [5.41, 5.74) is 0.250. The highest BCUT2D eigenvalue weighted by Gasteiger charge is 2.58. The molecule has 6 rings (SSSR count). The number of anilines is 1. The number of hydrogen-bond acceptors (Lipinski definition) is 4. The summed E-state index contributed by atoms with van der Waals surface area (Å²) >= 11 is 5.89. The summed E-state index contributed by atoms with van der Waals surface area (Å²) in [6, 6.07) is 5.76. The molecule has 2 aliphatic carbocycles. The summed E-state index contributed by atoms with van der Waals surface area (Å²) in [4.78, 5) is 34.2. The zero-order valence-electron chi connectivity index (χ0n) is 20.9. The van der Waals surface area contributed by atoms with Crippen LogP contribution in [0.15, 0.2) is 30.5 Å². The molecule has 38 heavy (non-hydrogen) atoms. The number of hydrogen-bond donors (Lipinski definition) is 1. The highest BCUT2D eigenvalue weighted by Crippen LogP contribution is 2.49. The van der Waals surface area contributed by atoms with Crippen LogP contribution in [0.1, 0.15) is 66.6 Å². The smallest absolute Gasteiger partial charge is 0.281 e. The molecule has 3 fully saturated rings. The Hall–Kier alpha value is -2.65. The van der Waals surface area contributed by atoms with Gasteiger partial charge in [0.05, 0.1) is 16.3 Å². The number of pyridine rings is 1. The molecule has 1 N–H and O–H groups in total. The van der Waals surface area contributed by atoms with Crippen LogP contribution in [0.25, 0.3) is 0 Å². The maximum atomic E-state index is 14.2. The van der Waals surface area contributed by atoms with Crippen LogP contribution >= 0.6 is 11.6 Å². The third-order valence-corrected chi connectivity index (χ3v) is 8.79. The average molecular weight is 547 g/mol. The largest absolute Gasteiger partial charge is 0.349 e. The highest BCUT2D eigenvalue weighted by molar-refractivity contribution is 6.30. The second-order valence-electron chi connectivity index (χ2n) is 11.4. The number of aromatic nitrogens is 1. The quantitative estimate of drug-likeness (QED) is 0.524. The first kappa shape index (κ1) is 25.6. The predicted molar refractivity (Wildman–Crippen MR) is 137 cm³/mol. The highest BCUT2D eigenvalue weighted by atomic mass is 35.5. The Labute approximate surface area is 224 Å². The molecule has 1 aromatic carbocycles. The van der Waals surface area contributed by atoms with Crippen molar-refractivity contribution in [3.8, 4) is 0 Å². The van der Waals surface area contributed by atoms with Crippen molar-refractivity contribution in [3.63, 3.8) is 0 Å². The first-order valence-electron chi connectivity index (χ1n) is 13.3. The van der Waals surface area contributed by atoms with E-state index < -0.39 is 23.4 Å². The molecule has 0 atom stereocenters. The van der Waals surface area contributed by atoms with E-state index in [9.17, 15) is 22.8 Å². The van der Waals surface area contributed by atoms with E-state index >= 15 is 0 Å². The summed E-state index contributed by atoms with van der Waals surface area (Å²) in [5, 5.41) is 2.97. The van der Waals surface area contributed by atoms with Gasteiger partial charge in [-0.25, -0.2) is 13.2 Å². The lowest BCUT2D eigenvalue weighted by atomic mass is 9.74. The number of likely N-dealkylation sites (tertiary alicyclic amines) is 1. The number of carbonyl (C=O) groups is 2. The number of benzene rings is 1. The molecule has 202 valence electrons. The van der Waals surface area contributed by atoms with Gasteiger partial charge in [0.1, 0.15) is 16.9 Å². The van der Waals surface area contributed by atoms with Crippen LogP contribution < -0.4 is 10.2 Å². The fourth-order valence-electron chi connectivity index (χ4n) is 6.43. The van der Waals surface area contributed by atoms with Gasteiger partial charge in [-0.2, -0.15) is 0 Å². The van der Waals surface area contributed by atoms with Crippen molar-refractivity contribution in [2.24, 2.45) is 11.8 Å². The molecule has 1 saturated heterocycles. The fraction of sp³-hybridized carbons (Fsp3) is 0.536. The van der Waals surface area contributed by atoms with Gasteiger partial charge >= 0.3 is 0 Å². The first-order chi connectivity index (χ1) is 18.2. The number of amides is 2. The molecular formula is C28H30ClF3N4O2. The number of nitrogens with one attached hydrogen (secondary N) is 1. The van der Waals surface area contributed by atoms with Crippen LogP contribution in [-0.4, -0.2) is 53.9 Å². The lowest BCUT2D eigenvalue weighted by Gasteiger charge is -2.47. The monoisotopic (exact) mass is 546 g/mol. The Bertz CT molecular complexity index is 1260. The predicted octanol–water partition coefficient (Wildman–Crippen LogP) is 5.11. The van der Waals surface area contributed by atoms with E-state index in [0.29, 0.717) is 38.2 Å². The Balaban J connectivity index is 1.09.